The summed E-state index contributed by atoms with van der Waals surface area (Å²) >= 11 is 0. The van der Waals surface area contributed by atoms with Gasteiger partial charge in [-0.15, -0.1) is 0 Å². The number of hydrogen-bond donors (Lipinski definition) is 1. The number of likely N-dealkylation sites (tertiary alicyclic amines) is 1. The second-order valence-electron chi connectivity index (χ2n) is 8.22. The van der Waals surface area contributed by atoms with E-state index in [1.165, 1.54) is 19.3 Å². The molecule has 1 N–H and O–H groups in total. The van der Waals surface area contributed by atoms with Crippen molar-refractivity contribution < 1.29 is 19.1 Å². The Morgan fingerprint density at radius 3 is 2.59 bits per heavy atom. The van der Waals surface area contributed by atoms with Gasteiger partial charge in [0.1, 0.15) is 11.5 Å². The van der Waals surface area contributed by atoms with Crippen molar-refractivity contribution in [1.82, 2.24) is 4.90 Å². The van der Waals surface area contributed by atoms with Crippen LogP contribution in [0.15, 0.2) is 42.5 Å². The molecule has 32 heavy (non-hydrogen) atoms. The maximum absolute atomic E-state index is 12.6. The van der Waals surface area contributed by atoms with Crippen molar-refractivity contribution in [2.45, 2.75) is 32.6 Å². The summed E-state index contributed by atoms with van der Waals surface area (Å²) in [7, 11) is 0. The van der Waals surface area contributed by atoms with Gasteiger partial charge in [-0.05, 0) is 68.8 Å². The maximum Gasteiger partial charge on any atom is 0.265 e. The molecule has 2 aliphatic rings. The minimum absolute atomic E-state index is 0.0487. The van der Waals surface area contributed by atoms with Crippen molar-refractivity contribution in [1.29, 1.82) is 0 Å². The van der Waals surface area contributed by atoms with Crippen LogP contribution in [0, 0.1) is 0 Å². The average Bonchev–Trinajstić information content (AvgIpc) is 2.80. The van der Waals surface area contributed by atoms with Crippen LogP contribution in [0.25, 0.3) is 0 Å². The molecule has 0 aliphatic carbocycles. The summed E-state index contributed by atoms with van der Waals surface area (Å²) in [6.45, 7) is 6.25. The number of benzene rings is 2. The number of fused-ring (bicyclic) bond motifs is 1. The highest BCUT2D eigenvalue weighted by atomic mass is 16.5. The average molecular weight is 438 g/mol. The number of anilines is 2. The summed E-state index contributed by atoms with van der Waals surface area (Å²) in [5.74, 6) is 1.30. The number of hydrogen-bond acceptors (Lipinski definition) is 5. The number of carbonyl (C=O) groups excluding carboxylic acids is 2. The Kier molecular flexibility index (Phi) is 7.27. The Bertz CT molecular complexity index is 939. The maximum atomic E-state index is 12.6. The first-order valence-corrected chi connectivity index (χ1v) is 11.4. The first kappa shape index (κ1) is 22.1. The summed E-state index contributed by atoms with van der Waals surface area (Å²) in [4.78, 5) is 29.3. The Hall–Kier alpha value is -3.06. The van der Waals surface area contributed by atoms with Crippen LogP contribution in [0.5, 0.6) is 11.5 Å². The highest BCUT2D eigenvalue weighted by molar-refractivity contribution is 5.99. The van der Waals surface area contributed by atoms with Crippen molar-refractivity contribution in [3.8, 4) is 11.5 Å². The van der Waals surface area contributed by atoms with Gasteiger partial charge in [0, 0.05) is 18.8 Å². The zero-order valence-electron chi connectivity index (χ0n) is 18.6. The van der Waals surface area contributed by atoms with Crippen LogP contribution in [-0.4, -0.2) is 56.1 Å². The van der Waals surface area contributed by atoms with Gasteiger partial charge in [-0.2, -0.15) is 0 Å². The fourth-order valence-electron chi connectivity index (χ4n) is 4.21. The van der Waals surface area contributed by atoms with E-state index in [0.29, 0.717) is 24.6 Å². The second kappa shape index (κ2) is 10.5. The van der Waals surface area contributed by atoms with Gasteiger partial charge in [0.25, 0.3) is 5.91 Å². The topological polar surface area (TPSA) is 71.1 Å². The normalized spacial score (nSPS) is 16.3. The molecular weight excluding hydrogens is 406 g/mol. The van der Waals surface area contributed by atoms with Crippen molar-refractivity contribution in [3.05, 3.63) is 48.0 Å². The predicted molar refractivity (Wildman–Crippen MR) is 125 cm³/mol. The summed E-state index contributed by atoms with van der Waals surface area (Å²) in [6, 6.07) is 13.0. The molecule has 0 spiro atoms. The molecule has 7 nitrogen and oxygen atoms in total. The van der Waals surface area contributed by atoms with Crippen LogP contribution in [0.3, 0.4) is 0 Å². The Balaban J connectivity index is 1.40. The lowest BCUT2D eigenvalue weighted by Gasteiger charge is -2.33. The number of piperidine rings is 1. The van der Waals surface area contributed by atoms with Crippen molar-refractivity contribution in [2.75, 3.05) is 49.6 Å². The first-order valence-electron chi connectivity index (χ1n) is 11.4. The molecule has 4 rings (SSSR count). The molecule has 1 fully saturated rings. The molecule has 0 unspecified atom stereocenters. The van der Waals surface area contributed by atoms with E-state index < -0.39 is 0 Å². The van der Waals surface area contributed by atoms with Crippen molar-refractivity contribution >= 4 is 23.2 Å². The van der Waals surface area contributed by atoms with Gasteiger partial charge in [0.05, 0.1) is 18.7 Å². The van der Waals surface area contributed by atoms with E-state index >= 15 is 0 Å². The van der Waals surface area contributed by atoms with Gasteiger partial charge in [0.2, 0.25) is 5.91 Å². The van der Waals surface area contributed by atoms with Gasteiger partial charge < -0.3 is 24.6 Å². The fourth-order valence-corrected chi connectivity index (χ4v) is 4.21. The van der Waals surface area contributed by atoms with Crippen LogP contribution >= 0.6 is 0 Å². The van der Waals surface area contributed by atoms with Crippen LogP contribution in [0.1, 0.15) is 31.7 Å². The van der Waals surface area contributed by atoms with E-state index in [4.69, 9.17) is 9.47 Å². The fraction of sp³-hybridized carbons (Fsp3) is 0.440. The monoisotopic (exact) mass is 437 g/mol. The van der Waals surface area contributed by atoms with E-state index in [2.05, 4.69) is 10.2 Å². The molecule has 0 bridgehead atoms. The zero-order chi connectivity index (χ0) is 22.3. The van der Waals surface area contributed by atoms with Gasteiger partial charge in [-0.1, -0.05) is 18.6 Å². The molecule has 2 aromatic carbocycles. The highest BCUT2D eigenvalue weighted by Crippen LogP contribution is 2.34. The minimum atomic E-state index is -0.114. The number of rotatable bonds is 8. The number of nitrogens with zero attached hydrogens (tertiary/aromatic N) is 2. The Morgan fingerprint density at radius 1 is 1.06 bits per heavy atom. The second-order valence-corrected chi connectivity index (χ2v) is 8.22. The molecule has 2 heterocycles. The molecule has 2 aromatic rings. The molecule has 170 valence electrons. The lowest BCUT2D eigenvalue weighted by molar-refractivity contribution is -0.121. The Morgan fingerprint density at radius 2 is 1.84 bits per heavy atom. The van der Waals surface area contributed by atoms with Crippen LogP contribution in [-0.2, 0) is 16.0 Å². The summed E-state index contributed by atoms with van der Waals surface area (Å²) in [6.07, 6.45) is 3.99. The SMILES string of the molecule is CCOc1ccc(CC(=O)Nc2ccc3c(c2)N(CCN2CCCCC2)C(=O)CO3)cc1. The van der Waals surface area contributed by atoms with Gasteiger partial charge in [0.15, 0.2) is 6.61 Å². The number of ether oxygens (including phenoxy) is 2. The molecule has 0 atom stereocenters. The lowest BCUT2D eigenvalue weighted by atomic mass is 10.1. The van der Waals surface area contributed by atoms with E-state index in [1.54, 1.807) is 4.90 Å². The molecule has 2 amide bonds. The largest absolute Gasteiger partial charge is 0.494 e. The molecule has 0 aromatic heterocycles. The van der Waals surface area contributed by atoms with E-state index in [-0.39, 0.29) is 24.8 Å². The summed E-state index contributed by atoms with van der Waals surface area (Å²) in [5, 5.41) is 2.95. The molecule has 2 aliphatic heterocycles. The first-order chi connectivity index (χ1) is 15.6. The van der Waals surface area contributed by atoms with Crippen molar-refractivity contribution in [3.63, 3.8) is 0 Å². The third kappa shape index (κ3) is 5.59. The minimum Gasteiger partial charge on any atom is -0.494 e. The van der Waals surface area contributed by atoms with Gasteiger partial charge in [-0.25, -0.2) is 0 Å². The number of carbonyl (C=O) groups is 2. The van der Waals surface area contributed by atoms with Crippen LogP contribution < -0.4 is 19.7 Å². The van der Waals surface area contributed by atoms with E-state index in [9.17, 15) is 9.59 Å². The molecule has 7 heteroatoms. The standard InChI is InChI=1S/C25H31N3O4/c1-2-31-21-9-6-19(7-10-21)16-24(29)26-20-8-11-23-22(17-20)28(25(30)18-32-23)15-14-27-12-4-3-5-13-27/h6-11,17H,2-5,12-16,18H2,1H3,(H,26,29). The van der Waals surface area contributed by atoms with E-state index in [0.717, 1.165) is 36.6 Å². The highest BCUT2D eigenvalue weighted by Gasteiger charge is 2.26. The zero-order valence-corrected chi connectivity index (χ0v) is 18.6. The molecule has 0 saturated carbocycles. The molecule has 1 saturated heterocycles. The van der Waals surface area contributed by atoms with Crippen LogP contribution in [0.2, 0.25) is 0 Å². The lowest BCUT2D eigenvalue weighted by Crippen LogP contribution is -2.44. The van der Waals surface area contributed by atoms with E-state index in [1.807, 2.05) is 49.4 Å². The molecular formula is C25H31N3O4. The smallest absolute Gasteiger partial charge is 0.265 e. The van der Waals surface area contributed by atoms with Crippen molar-refractivity contribution in [2.24, 2.45) is 0 Å². The third-order valence-electron chi connectivity index (χ3n) is 5.87. The number of nitrogens with one attached hydrogen (secondary N) is 1. The van der Waals surface area contributed by atoms with Crippen LogP contribution in [0.4, 0.5) is 11.4 Å². The number of amides is 2. The predicted octanol–water partition coefficient (Wildman–Crippen LogP) is 3.48. The van der Waals surface area contributed by atoms with Gasteiger partial charge in [-0.3, -0.25) is 9.59 Å². The Labute approximate surface area is 189 Å². The summed E-state index contributed by atoms with van der Waals surface area (Å²) < 4.78 is 11.1. The quantitative estimate of drug-likeness (QED) is 0.685. The molecule has 0 radical (unpaired) electrons. The van der Waals surface area contributed by atoms with Gasteiger partial charge >= 0.3 is 0 Å². The third-order valence-corrected chi connectivity index (χ3v) is 5.87. The summed E-state index contributed by atoms with van der Waals surface area (Å²) in [5.41, 5.74) is 2.28.